The zero-order chi connectivity index (χ0) is 18.8. The third kappa shape index (κ3) is 3.41. The van der Waals surface area contributed by atoms with Crippen LogP contribution in [0.3, 0.4) is 0 Å². The van der Waals surface area contributed by atoms with Crippen LogP contribution in [-0.2, 0) is 4.74 Å². The summed E-state index contributed by atoms with van der Waals surface area (Å²) in [6, 6.07) is 26.1. The second kappa shape index (κ2) is 7.94. The highest BCUT2D eigenvalue weighted by Crippen LogP contribution is 2.48. The molecule has 1 heterocycles. The molecule has 2 nitrogen and oxygen atoms in total. The number of hydrogen-bond donors (Lipinski definition) is 0. The molecule has 0 spiro atoms. The molecule has 0 amide bonds. The van der Waals surface area contributed by atoms with Crippen molar-refractivity contribution in [1.82, 2.24) is 0 Å². The summed E-state index contributed by atoms with van der Waals surface area (Å²) in [5.41, 5.74) is 0. The Labute approximate surface area is 168 Å². The molecule has 1 saturated carbocycles. The van der Waals surface area contributed by atoms with Crippen molar-refractivity contribution in [1.29, 1.82) is 0 Å². The third-order valence-electron chi connectivity index (χ3n) is 5.65. The van der Waals surface area contributed by atoms with E-state index in [0.717, 1.165) is 5.75 Å². The Morgan fingerprint density at radius 2 is 1.32 bits per heavy atom. The molecule has 0 radical (unpaired) electrons. The van der Waals surface area contributed by atoms with E-state index in [1.165, 1.54) is 57.2 Å². The molecule has 0 aliphatic heterocycles. The Hall–Kier alpha value is -2.36. The van der Waals surface area contributed by atoms with Gasteiger partial charge >= 0.3 is 0 Å². The number of thiophene rings is 1. The standard InChI is InChI=1S/C25H25O2S/c1-2-8-19(9-3-1)26-18-27-20-14-16-21(17-15-20)28-24-12-6-4-10-22(24)23-11-5-7-13-25(23)28/h4-7,10-17,19H,1-3,8-9,18H2/q+1. The molecule has 1 aliphatic rings. The van der Waals surface area contributed by atoms with Crippen molar-refractivity contribution in [2.24, 2.45) is 0 Å². The first-order valence-electron chi connectivity index (χ1n) is 10.2. The van der Waals surface area contributed by atoms with Crippen LogP contribution in [0.2, 0.25) is 0 Å². The predicted octanol–water partition coefficient (Wildman–Crippen LogP) is 7.42. The van der Waals surface area contributed by atoms with Gasteiger partial charge in [0.25, 0.3) is 0 Å². The molecule has 3 aromatic carbocycles. The first-order valence-corrected chi connectivity index (χ1v) is 11.4. The third-order valence-corrected chi connectivity index (χ3v) is 7.98. The van der Waals surface area contributed by atoms with Crippen LogP contribution in [0.1, 0.15) is 32.1 Å². The first-order chi connectivity index (χ1) is 13.9. The van der Waals surface area contributed by atoms with E-state index in [1.54, 1.807) is 0 Å². The summed E-state index contributed by atoms with van der Waals surface area (Å²) in [5, 5.41) is 2.73. The summed E-state index contributed by atoms with van der Waals surface area (Å²) in [7, 11) is -0.0452. The topological polar surface area (TPSA) is 18.5 Å². The molecule has 5 rings (SSSR count). The number of hydrogen-bond acceptors (Lipinski definition) is 2. The molecule has 0 atom stereocenters. The summed E-state index contributed by atoms with van der Waals surface area (Å²) in [6.07, 6.45) is 6.63. The van der Waals surface area contributed by atoms with Gasteiger partial charge in [-0.05, 0) is 49.2 Å². The molecule has 1 aromatic heterocycles. The van der Waals surface area contributed by atoms with Crippen LogP contribution in [0, 0.1) is 0 Å². The molecular weight excluding hydrogens is 364 g/mol. The van der Waals surface area contributed by atoms with Gasteiger partial charge in [-0.2, -0.15) is 0 Å². The Bertz CT molecular complexity index is 1020. The van der Waals surface area contributed by atoms with Gasteiger partial charge in [-0.3, -0.25) is 0 Å². The normalized spacial score (nSPS) is 15.3. The molecule has 28 heavy (non-hydrogen) atoms. The van der Waals surface area contributed by atoms with Crippen LogP contribution in [0.15, 0.2) is 72.8 Å². The van der Waals surface area contributed by atoms with E-state index in [0.29, 0.717) is 12.9 Å². The number of ether oxygens (including phenoxy) is 2. The van der Waals surface area contributed by atoms with Crippen molar-refractivity contribution in [2.75, 3.05) is 6.79 Å². The van der Waals surface area contributed by atoms with Crippen molar-refractivity contribution in [3.8, 4) is 10.6 Å². The molecule has 0 unspecified atom stereocenters. The molecule has 3 heteroatoms. The van der Waals surface area contributed by atoms with Crippen LogP contribution in [0.5, 0.6) is 5.75 Å². The summed E-state index contributed by atoms with van der Waals surface area (Å²) in [5.74, 6) is 0.879. The SMILES string of the molecule is c1ccc2c(c1)c1ccccc1[s+]2-c1ccc(OCOC2CCCCC2)cc1. The van der Waals surface area contributed by atoms with Gasteiger partial charge in [0.15, 0.2) is 21.1 Å². The first kappa shape index (κ1) is 17.7. The minimum Gasteiger partial charge on any atom is -0.468 e. The average molecular weight is 390 g/mol. The second-order valence-electron chi connectivity index (χ2n) is 7.46. The minimum absolute atomic E-state index is 0.0452. The monoisotopic (exact) mass is 389 g/mol. The Kier molecular flexibility index (Phi) is 5.03. The van der Waals surface area contributed by atoms with Crippen molar-refractivity contribution in [2.45, 2.75) is 38.2 Å². The highest BCUT2D eigenvalue weighted by molar-refractivity contribution is 7.50. The van der Waals surface area contributed by atoms with E-state index in [-0.39, 0.29) is 10.5 Å². The number of fused-ring (bicyclic) bond motifs is 3. The van der Waals surface area contributed by atoms with E-state index in [9.17, 15) is 0 Å². The van der Waals surface area contributed by atoms with Gasteiger partial charge in [0.05, 0.1) is 6.10 Å². The summed E-state index contributed by atoms with van der Waals surface area (Å²) in [6.45, 7) is 0.349. The number of benzene rings is 3. The Morgan fingerprint density at radius 3 is 1.96 bits per heavy atom. The quantitative estimate of drug-likeness (QED) is 0.261. The fourth-order valence-electron chi connectivity index (χ4n) is 4.21. The highest BCUT2D eigenvalue weighted by Gasteiger charge is 2.23. The van der Waals surface area contributed by atoms with Crippen molar-refractivity contribution in [3.63, 3.8) is 0 Å². The molecule has 0 saturated heterocycles. The fourth-order valence-corrected chi connectivity index (χ4v) is 6.59. The van der Waals surface area contributed by atoms with Crippen LogP contribution < -0.4 is 4.74 Å². The van der Waals surface area contributed by atoms with Crippen molar-refractivity contribution in [3.05, 3.63) is 72.8 Å². The van der Waals surface area contributed by atoms with Crippen LogP contribution in [-0.4, -0.2) is 12.9 Å². The lowest BCUT2D eigenvalue weighted by molar-refractivity contribution is -0.0496. The summed E-state index contributed by atoms with van der Waals surface area (Å²) < 4.78 is 14.6. The summed E-state index contributed by atoms with van der Waals surface area (Å²) in [4.78, 5) is 1.33. The zero-order valence-corrected chi connectivity index (χ0v) is 16.8. The Balaban J connectivity index is 1.38. The van der Waals surface area contributed by atoms with E-state index in [4.69, 9.17) is 9.47 Å². The molecule has 1 aliphatic carbocycles. The van der Waals surface area contributed by atoms with Crippen molar-refractivity contribution < 1.29 is 9.47 Å². The van der Waals surface area contributed by atoms with Gasteiger partial charge < -0.3 is 9.47 Å². The molecule has 1 fully saturated rings. The summed E-state index contributed by atoms with van der Waals surface area (Å²) >= 11 is 0. The van der Waals surface area contributed by atoms with Gasteiger partial charge in [-0.25, -0.2) is 0 Å². The zero-order valence-electron chi connectivity index (χ0n) is 16.0. The van der Waals surface area contributed by atoms with Gasteiger partial charge in [0, 0.05) is 33.4 Å². The van der Waals surface area contributed by atoms with Gasteiger partial charge in [-0.15, -0.1) is 0 Å². The van der Waals surface area contributed by atoms with Crippen molar-refractivity contribution >= 4 is 30.6 Å². The largest absolute Gasteiger partial charge is 0.468 e. The Morgan fingerprint density at radius 1 is 0.714 bits per heavy atom. The maximum absolute atomic E-state index is 5.89. The molecule has 0 bridgehead atoms. The van der Waals surface area contributed by atoms with E-state index in [1.807, 2.05) is 0 Å². The molecule has 4 aromatic rings. The van der Waals surface area contributed by atoms with Crippen LogP contribution >= 0.6 is 10.5 Å². The van der Waals surface area contributed by atoms with E-state index in [2.05, 4.69) is 72.8 Å². The molecular formula is C25H25O2S+. The van der Waals surface area contributed by atoms with Crippen LogP contribution in [0.4, 0.5) is 0 Å². The minimum atomic E-state index is -0.0452. The van der Waals surface area contributed by atoms with Gasteiger partial charge in [0.2, 0.25) is 0 Å². The van der Waals surface area contributed by atoms with E-state index < -0.39 is 0 Å². The molecule has 0 N–H and O–H groups in total. The lowest BCUT2D eigenvalue weighted by Crippen LogP contribution is -2.19. The average Bonchev–Trinajstić information content (AvgIpc) is 3.10. The van der Waals surface area contributed by atoms with Crippen LogP contribution in [0.25, 0.3) is 25.1 Å². The second-order valence-corrected chi connectivity index (χ2v) is 9.42. The fraction of sp³-hybridized carbons (Fsp3) is 0.280. The van der Waals surface area contributed by atoms with Gasteiger partial charge in [-0.1, -0.05) is 43.5 Å². The predicted molar refractivity (Wildman–Crippen MR) is 119 cm³/mol. The van der Waals surface area contributed by atoms with E-state index >= 15 is 0 Å². The lowest BCUT2D eigenvalue weighted by Gasteiger charge is -2.21. The van der Waals surface area contributed by atoms with Gasteiger partial charge in [0.1, 0.15) is 5.75 Å². The molecule has 142 valence electrons. The lowest BCUT2D eigenvalue weighted by atomic mass is 9.98. The highest BCUT2D eigenvalue weighted by atomic mass is 32.2. The maximum Gasteiger partial charge on any atom is 0.189 e. The number of rotatable bonds is 5. The maximum atomic E-state index is 5.89. The smallest absolute Gasteiger partial charge is 0.189 e.